The molecule has 0 saturated carbocycles. The van der Waals surface area contributed by atoms with E-state index >= 15 is 0 Å². The van der Waals surface area contributed by atoms with Crippen molar-refractivity contribution in [3.8, 4) is 11.4 Å². The van der Waals surface area contributed by atoms with Crippen LogP contribution in [-0.4, -0.2) is 21.0 Å². The van der Waals surface area contributed by atoms with E-state index in [0.29, 0.717) is 0 Å². The fourth-order valence-electron chi connectivity index (χ4n) is 2.20. The molecule has 0 bridgehead atoms. The zero-order valence-electron chi connectivity index (χ0n) is 11.3. The minimum absolute atomic E-state index is 0.121. The van der Waals surface area contributed by atoms with Crippen LogP contribution in [0, 0.1) is 0 Å². The average molecular weight is 264 g/mol. The number of benzene rings is 1. The van der Waals surface area contributed by atoms with E-state index in [-0.39, 0.29) is 6.04 Å². The Kier molecular flexibility index (Phi) is 3.39. The topological polar surface area (TPSA) is 64.7 Å². The molecule has 2 N–H and O–H groups in total. The summed E-state index contributed by atoms with van der Waals surface area (Å²) >= 11 is 0. The SMILES string of the molecule is CC(N)Cc1cnc(-c2ccc3ncccc3c2)nc1. The molecule has 4 nitrogen and oxygen atoms in total. The summed E-state index contributed by atoms with van der Waals surface area (Å²) in [5, 5.41) is 1.09. The fraction of sp³-hybridized carbons (Fsp3) is 0.188. The number of aromatic nitrogens is 3. The Hall–Kier alpha value is -2.33. The zero-order valence-corrected chi connectivity index (χ0v) is 11.3. The van der Waals surface area contributed by atoms with Gasteiger partial charge in [-0.05, 0) is 43.2 Å². The van der Waals surface area contributed by atoms with Gasteiger partial charge in [-0.3, -0.25) is 4.98 Å². The summed E-state index contributed by atoms with van der Waals surface area (Å²) in [6.07, 6.45) is 6.28. The highest BCUT2D eigenvalue weighted by Crippen LogP contribution is 2.20. The van der Waals surface area contributed by atoms with Crippen LogP contribution < -0.4 is 5.73 Å². The molecule has 3 rings (SSSR count). The lowest BCUT2D eigenvalue weighted by Gasteiger charge is -2.06. The van der Waals surface area contributed by atoms with Crippen LogP contribution in [0.4, 0.5) is 0 Å². The standard InChI is InChI=1S/C16H16N4/c1-11(17)7-12-9-19-16(20-10-12)14-4-5-15-13(8-14)3-2-6-18-15/h2-6,8-11H,7,17H2,1H3. The second kappa shape index (κ2) is 5.35. The van der Waals surface area contributed by atoms with Crippen molar-refractivity contribution >= 4 is 10.9 Å². The molecule has 0 saturated heterocycles. The van der Waals surface area contributed by atoms with E-state index in [1.807, 2.05) is 43.6 Å². The second-order valence-electron chi connectivity index (χ2n) is 5.01. The molecule has 0 spiro atoms. The van der Waals surface area contributed by atoms with E-state index in [1.54, 1.807) is 6.20 Å². The number of fused-ring (bicyclic) bond motifs is 1. The Morgan fingerprint density at radius 1 is 1.10 bits per heavy atom. The highest BCUT2D eigenvalue weighted by atomic mass is 14.9. The van der Waals surface area contributed by atoms with Crippen LogP contribution in [0.2, 0.25) is 0 Å². The Bertz CT molecular complexity index is 720. The van der Waals surface area contributed by atoms with E-state index < -0.39 is 0 Å². The van der Waals surface area contributed by atoms with Gasteiger partial charge in [0, 0.05) is 35.6 Å². The summed E-state index contributed by atoms with van der Waals surface area (Å²) in [6, 6.07) is 10.1. The van der Waals surface area contributed by atoms with Crippen molar-refractivity contribution < 1.29 is 0 Å². The Morgan fingerprint density at radius 3 is 2.65 bits per heavy atom. The van der Waals surface area contributed by atoms with Crippen molar-refractivity contribution in [2.75, 3.05) is 0 Å². The first-order valence-electron chi connectivity index (χ1n) is 6.64. The fourth-order valence-corrected chi connectivity index (χ4v) is 2.20. The smallest absolute Gasteiger partial charge is 0.159 e. The summed E-state index contributed by atoms with van der Waals surface area (Å²) in [4.78, 5) is 13.2. The Balaban J connectivity index is 1.94. The quantitative estimate of drug-likeness (QED) is 0.789. The second-order valence-corrected chi connectivity index (χ2v) is 5.01. The molecular formula is C16H16N4. The molecule has 1 aromatic carbocycles. The average Bonchev–Trinajstić information content (AvgIpc) is 2.47. The zero-order chi connectivity index (χ0) is 13.9. The lowest BCUT2D eigenvalue weighted by Crippen LogP contribution is -2.18. The maximum absolute atomic E-state index is 5.77. The molecule has 3 aromatic rings. The first-order chi connectivity index (χ1) is 9.72. The van der Waals surface area contributed by atoms with Crippen molar-refractivity contribution in [3.05, 3.63) is 54.5 Å². The molecule has 4 heteroatoms. The van der Waals surface area contributed by atoms with Crippen molar-refractivity contribution in [2.24, 2.45) is 5.73 Å². The van der Waals surface area contributed by atoms with Gasteiger partial charge >= 0.3 is 0 Å². The molecule has 1 unspecified atom stereocenters. The first-order valence-corrected chi connectivity index (χ1v) is 6.64. The van der Waals surface area contributed by atoms with Crippen LogP contribution in [0.15, 0.2) is 48.9 Å². The van der Waals surface area contributed by atoms with E-state index in [4.69, 9.17) is 5.73 Å². The third kappa shape index (κ3) is 2.65. The van der Waals surface area contributed by atoms with Gasteiger partial charge in [-0.2, -0.15) is 0 Å². The third-order valence-electron chi connectivity index (χ3n) is 3.12. The predicted molar refractivity (Wildman–Crippen MR) is 80.1 cm³/mol. The van der Waals surface area contributed by atoms with Gasteiger partial charge in [0.05, 0.1) is 5.52 Å². The van der Waals surface area contributed by atoms with Crippen LogP contribution in [0.3, 0.4) is 0 Å². The van der Waals surface area contributed by atoms with Crippen molar-refractivity contribution in [3.63, 3.8) is 0 Å². The van der Waals surface area contributed by atoms with Crippen LogP contribution >= 0.6 is 0 Å². The molecule has 0 fully saturated rings. The van der Waals surface area contributed by atoms with Gasteiger partial charge in [-0.25, -0.2) is 9.97 Å². The number of nitrogens with two attached hydrogens (primary N) is 1. The van der Waals surface area contributed by atoms with Crippen LogP contribution in [0.25, 0.3) is 22.3 Å². The van der Waals surface area contributed by atoms with E-state index in [0.717, 1.165) is 34.3 Å². The van der Waals surface area contributed by atoms with Gasteiger partial charge in [0.25, 0.3) is 0 Å². The summed E-state index contributed by atoms with van der Waals surface area (Å²) in [5.41, 5.74) is 8.81. The number of rotatable bonds is 3. The highest BCUT2D eigenvalue weighted by Gasteiger charge is 2.04. The monoisotopic (exact) mass is 264 g/mol. The van der Waals surface area contributed by atoms with Gasteiger partial charge in [0.15, 0.2) is 5.82 Å². The molecule has 20 heavy (non-hydrogen) atoms. The van der Waals surface area contributed by atoms with E-state index in [9.17, 15) is 0 Å². The molecule has 0 aliphatic rings. The maximum atomic E-state index is 5.77. The third-order valence-corrected chi connectivity index (χ3v) is 3.12. The summed E-state index contributed by atoms with van der Waals surface area (Å²) in [6.45, 7) is 1.98. The van der Waals surface area contributed by atoms with Crippen LogP contribution in [-0.2, 0) is 6.42 Å². The lowest BCUT2D eigenvalue weighted by atomic mass is 10.1. The minimum atomic E-state index is 0.121. The molecule has 0 aliphatic carbocycles. The lowest BCUT2D eigenvalue weighted by molar-refractivity contribution is 0.732. The first kappa shape index (κ1) is 12.7. The van der Waals surface area contributed by atoms with Crippen LogP contribution in [0.1, 0.15) is 12.5 Å². The Morgan fingerprint density at radius 2 is 1.90 bits per heavy atom. The normalized spacial score (nSPS) is 12.5. The van der Waals surface area contributed by atoms with Crippen molar-refractivity contribution in [1.29, 1.82) is 0 Å². The van der Waals surface area contributed by atoms with E-state index in [2.05, 4.69) is 21.0 Å². The van der Waals surface area contributed by atoms with Gasteiger partial charge in [-0.15, -0.1) is 0 Å². The molecule has 0 amide bonds. The van der Waals surface area contributed by atoms with Crippen molar-refractivity contribution in [1.82, 2.24) is 15.0 Å². The van der Waals surface area contributed by atoms with Gasteiger partial charge in [0.1, 0.15) is 0 Å². The molecule has 1 atom stereocenters. The number of nitrogens with zero attached hydrogens (tertiary/aromatic N) is 3. The van der Waals surface area contributed by atoms with E-state index in [1.165, 1.54) is 0 Å². The molecule has 100 valence electrons. The summed E-state index contributed by atoms with van der Waals surface area (Å²) in [7, 11) is 0. The van der Waals surface area contributed by atoms with Gasteiger partial charge in [-0.1, -0.05) is 6.07 Å². The van der Waals surface area contributed by atoms with Crippen molar-refractivity contribution in [2.45, 2.75) is 19.4 Å². The Labute approximate surface area is 117 Å². The molecule has 2 aromatic heterocycles. The molecule has 0 aliphatic heterocycles. The number of hydrogen-bond donors (Lipinski definition) is 1. The van der Waals surface area contributed by atoms with Gasteiger partial charge < -0.3 is 5.73 Å². The number of hydrogen-bond acceptors (Lipinski definition) is 4. The summed E-state index contributed by atoms with van der Waals surface area (Å²) in [5.74, 6) is 0.726. The summed E-state index contributed by atoms with van der Waals surface area (Å²) < 4.78 is 0. The maximum Gasteiger partial charge on any atom is 0.159 e. The minimum Gasteiger partial charge on any atom is -0.328 e. The largest absolute Gasteiger partial charge is 0.328 e. The van der Waals surface area contributed by atoms with Gasteiger partial charge in [0.2, 0.25) is 0 Å². The molecule has 0 radical (unpaired) electrons. The predicted octanol–water partition coefficient (Wildman–Crippen LogP) is 2.58. The highest BCUT2D eigenvalue weighted by molar-refractivity contribution is 5.82. The number of pyridine rings is 1. The van der Waals surface area contributed by atoms with Crippen LogP contribution in [0.5, 0.6) is 0 Å². The molecular weight excluding hydrogens is 248 g/mol. The molecule has 2 heterocycles.